The zero-order chi connectivity index (χ0) is 17.6. The number of amides is 1. The van der Waals surface area contributed by atoms with Crippen LogP contribution in [-0.2, 0) is 17.6 Å². The van der Waals surface area contributed by atoms with Gasteiger partial charge in [-0.3, -0.25) is 0 Å². The minimum Gasteiger partial charge on any atom is -0.506 e. The minimum atomic E-state index is -0.495. The third kappa shape index (κ3) is 3.11. The number of phenolic OH excluding ortho intramolecular Hbond substituents is 1. The zero-order valence-corrected chi connectivity index (χ0v) is 16.1. The summed E-state index contributed by atoms with van der Waals surface area (Å²) in [4.78, 5) is 17.5. The fraction of sp³-hybridized carbons (Fsp3) is 0.500. The third-order valence-electron chi connectivity index (χ3n) is 4.31. The van der Waals surface area contributed by atoms with Crippen LogP contribution >= 0.6 is 15.9 Å². The Kier molecular flexibility index (Phi) is 4.28. The summed E-state index contributed by atoms with van der Waals surface area (Å²) in [6.45, 7) is 8.83. The number of H-pyrrole nitrogens is 1. The summed E-state index contributed by atoms with van der Waals surface area (Å²) in [6, 6.07) is 1.92. The quantitative estimate of drug-likeness (QED) is 0.700. The van der Waals surface area contributed by atoms with Gasteiger partial charge in [0.1, 0.15) is 11.4 Å². The van der Waals surface area contributed by atoms with Crippen molar-refractivity contribution in [3.8, 4) is 5.75 Å². The SMILES string of the molecule is Cc1cc(Br)c(O)c2c3c([nH]c12)CCN(C(=O)OC(C)(C)C)CC3. The molecule has 0 atom stereocenters. The number of halogens is 1. The van der Waals surface area contributed by atoms with Crippen molar-refractivity contribution in [3.63, 3.8) is 0 Å². The molecule has 5 nitrogen and oxygen atoms in total. The lowest BCUT2D eigenvalue weighted by Crippen LogP contribution is -2.38. The van der Waals surface area contributed by atoms with Gasteiger partial charge in [0.05, 0.1) is 9.99 Å². The highest BCUT2D eigenvalue weighted by molar-refractivity contribution is 9.10. The summed E-state index contributed by atoms with van der Waals surface area (Å²) in [7, 11) is 0. The van der Waals surface area contributed by atoms with Gasteiger partial charge < -0.3 is 19.7 Å². The van der Waals surface area contributed by atoms with E-state index in [9.17, 15) is 9.90 Å². The van der Waals surface area contributed by atoms with Gasteiger partial charge in [-0.1, -0.05) is 0 Å². The highest BCUT2D eigenvalue weighted by Gasteiger charge is 2.27. The molecular formula is C18H23BrN2O3. The number of carbonyl (C=O) groups excluding carboxylic acids is 1. The summed E-state index contributed by atoms with van der Waals surface area (Å²) < 4.78 is 6.17. The van der Waals surface area contributed by atoms with E-state index in [1.807, 2.05) is 33.8 Å². The monoisotopic (exact) mass is 394 g/mol. The molecule has 1 aromatic carbocycles. The number of benzene rings is 1. The van der Waals surface area contributed by atoms with Gasteiger partial charge in [0, 0.05) is 30.6 Å². The standard InChI is InChI=1S/C18H23BrN2O3/c1-10-9-12(19)16(22)14-11-5-7-21(17(23)24-18(2,3)4)8-6-13(11)20-15(10)14/h9,20,22H,5-8H2,1-4H3. The molecule has 0 spiro atoms. The maximum Gasteiger partial charge on any atom is 0.410 e. The highest BCUT2D eigenvalue weighted by Crippen LogP contribution is 2.39. The van der Waals surface area contributed by atoms with E-state index >= 15 is 0 Å². The average Bonchev–Trinajstić information content (AvgIpc) is 2.70. The van der Waals surface area contributed by atoms with Crippen LogP contribution in [0.4, 0.5) is 4.79 Å². The number of fused-ring (bicyclic) bond motifs is 3. The topological polar surface area (TPSA) is 65.6 Å². The number of rotatable bonds is 0. The molecule has 0 unspecified atom stereocenters. The van der Waals surface area contributed by atoms with Crippen LogP contribution in [0.25, 0.3) is 10.9 Å². The van der Waals surface area contributed by atoms with Gasteiger partial charge in [-0.15, -0.1) is 0 Å². The average molecular weight is 395 g/mol. The van der Waals surface area contributed by atoms with Crippen LogP contribution in [0.15, 0.2) is 10.5 Å². The first-order chi connectivity index (χ1) is 11.2. The Balaban J connectivity index is 1.91. The largest absolute Gasteiger partial charge is 0.506 e. The second-order valence-corrected chi connectivity index (χ2v) is 8.18. The number of nitrogens with one attached hydrogen (secondary N) is 1. The molecule has 130 valence electrons. The smallest absolute Gasteiger partial charge is 0.410 e. The number of carbonyl (C=O) groups is 1. The molecule has 1 aliphatic rings. The van der Waals surface area contributed by atoms with E-state index in [4.69, 9.17) is 4.74 Å². The van der Waals surface area contributed by atoms with Crippen molar-refractivity contribution in [2.24, 2.45) is 0 Å². The molecule has 2 N–H and O–H groups in total. The number of hydrogen-bond acceptors (Lipinski definition) is 3. The number of aromatic amines is 1. The lowest BCUT2D eigenvalue weighted by atomic mass is 10.0. The third-order valence-corrected chi connectivity index (χ3v) is 4.91. The number of phenols is 1. The Labute approximate surface area is 150 Å². The first-order valence-electron chi connectivity index (χ1n) is 8.17. The van der Waals surface area contributed by atoms with Gasteiger partial charge in [0.25, 0.3) is 0 Å². The maximum atomic E-state index is 12.3. The molecule has 6 heteroatoms. The molecule has 0 saturated heterocycles. The molecule has 1 amide bonds. The van der Waals surface area contributed by atoms with E-state index in [0.717, 1.165) is 34.1 Å². The van der Waals surface area contributed by atoms with Crippen LogP contribution < -0.4 is 0 Å². The molecule has 0 bridgehead atoms. The van der Waals surface area contributed by atoms with E-state index in [1.165, 1.54) is 0 Å². The van der Waals surface area contributed by atoms with E-state index in [1.54, 1.807) is 4.90 Å². The van der Waals surface area contributed by atoms with Crippen molar-refractivity contribution in [2.75, 3.05) is 13.1 Å². The minimum absolute atomic E-state index is 0.263. The summed E-state index contributed by atoms with van der Waals surface area (Å²) >= 11 is 3.42. The molecule has 0 radical (unpaired) electrons. The van der Waals surface area contributed by atoms with Crippen LogP contribution in [0.1, 0.15) is 37.6 Å². The van der Waals surface area contributed by atoms with E-state index in [2.05, 4.69) is 20.9 Å². The van der Waals surface area contributed by atoms with Crippen LogP contribution in [0.2, 0.25) is 0 Å². The number of aryl methyl sites for hydroxylation is 1. The molecule has 2 heterocycles. The molecule has 3 rings (SSSR count). The van der Waals surface area contributed by atoms with Crippen LogP contribution in [-0.4, -0.2) is 39.8 Å². The predicted octanol–water partition coefficient (Wildman–Crippen LogP) is 4.28. The van der Waals surface area contributed by atoms with Gasteiger partial charge in [-0.2, -0.15) is 0 Å². The molecule has 0 saturated carbocycles. The number of hydrogen-bond donors (Lipinski definition) is 2. The number of aromatic hydroxyl groups is 1. The van der Waals surface area contributed by atoms with Crippen molar-refractivity contribution in [3.05, 3.63) is 27.4 Å². The number of nitrogens with zero attached hydrogens (tertiary/aromatic N) is 1. The molecule has 24 heavy (non-hydrogen) atoms. The van der Waals surface area contributed by atoms with Gasteiger partial charge in [0.2, 0.25) is 0 Å². The van der Waals surface area contributed by atoms with Crippen molar-refractivity contribution >= 4 is 32.9 Å². The van der Waals surface area contributed by atoms with Crippen LogP contribution in [0, 0.1) is 6.92 Å². The van der Waals surface area contributed by atoms with Crippen molar-refractivity contribution in [1.29, 1.82) is 0 Å². The fourth-order valence-corrected chi connectivity index (χ4v) is 3.74. The first kappa shape index (κ1) is 17.1. The first-order valence-corrected chi connectivity index (χ1v) is 8.96. The normalized spacial score (nSPS) is 15.3. The van der Waals surface area contributed by atoms with E-state index < -0.39 is 5.60 Å². The Morgan fingerprint density at radius 3 is 2.67 bits per heavy atom. The second-order valence-electron chi connectivity index (χ2n) is 7.32. The molecule has 2 aromatic rings. The Morgan fingerprint density at radius 1 is 1.33 bits per heavy atom. The van der Waals surface area contributed by atoms with Gasteiger partial charge >= 0.3 is 6.09 Å². The Bertz CT molecular complexity index is 805. The highest BCUT2D eigenvalue weighted by atomic mass is 79.9. The lowest BCUT2D eigenvalue weighted by molar-refractivity contribution is 0.0258. The maximum absolute atomic E-state index is 12.3. The summed E-state index contributed by atoms with van der Waals surface area (Å²) in [5.74, 6) is 0.263. The van der Waals surface area contributed by atoms with E-state index in [-0.39, 0.29) is 11.8 Å². The van der Waals surface area contributed by atoms with Crippen LogP contribution in [0.5, 0.6) is 5.75 Å². The summed E-state index contributed by atoms with van der Waals surface area (Å²) in [5.41, 5.74) is 3.76. The molecule has 1 aromatic heterocycles. The van der Waals surface area contributed by atoms with Crippen LogP contribution in [0.3, 0.4) is 0 Å². The number of ether oxygens (including phenoxy) is 1. The van der Waals surface area contributed by atoms with Gasteiger partial charge in [0.15, 0.2) is 0 Å². The van der Waals surface area contributed by atoms with Crippen molar-refractivity contribution in [1.82, 2.24) is 9.88 Å². The fourth-order valence-electron chi connectivity index (χ4n) is 3.20. The molecular weight excluding hydrogens is 372 g/mol. The summed E-state index contributed by atoms with van der Waals surface area (Å²) in [6.07, 6.45) is 1.14. The molecule has 0 fully saturated rings. The summed E-state index contributed by atoms with van der Waals surface area (Å²) in [5, 5.41) is 11.3. The molecule has 1 aliphatic heterocycles. The Hall–Kier alpha value is -1.69. The second kappa shape index (κ2) is 5.99. The molecule has 0 aliphatic carbocycles. The Morgan fingerprint density at radius 2 is 2.00 bits per heavy atom. The zero-order valence-electron chi connectivity index (χ0n) is 14.5. The van der Waals surface area contributed by atoms with E-state index in [0.29, 0.717) is 24.0 Å². The predicted molar refractivity (Wildman–Crippen MR) is 97.6 cm³/mol. The van der Waals surface area contributed by atoms with Crippen molar-refractivity contribution < 1.29 is 14.6 Å². The number of aromatic nitrogens is 1. The van der Waals surface area contributed by atoms with Gasteiger partial charge in [-0.05, 0) is 67.2 Å². The van der Waals surface area contributed by atoms with Crippen molar-refractivity contribution in [2.45, 2.75) is 46.1 Å². The van der Waals surface area contributed by atoms with Gasteiger partial charge in [-0.25, -0.2) is 4.79 Å². The lowest BCUT2D eigenvalue weighted by Gasteiger charge is -2.26.